The zero-order chi connectivity index (χ0) is 22.0. The number of hydrogen-bond donors (Lipinski definition) is 1. The average Bonchev–Trinajstić information content (AvgIpc) is 3.18. The Kier molecular flexibility index (Phi) is 15.4. The minimum atomic E-state index is -0.728. The molecule has 174 valence electrons. The molecule has 1 fully saturated rings. The van der Waals surface area contributed by atoms with E-state index < -0.39 is 17.9 Å². The lowest BCUT2D eigenvalue weighted by molar-refractivity contribution is -0.153. The fourth-order valence-electron chi connectivity index (χ4n) is 4.08. The lowest BCUT2D eigenvalue weighted by Gasteiger charge is -2.18. The second-order valence-electron chi connectivity index (χ2n) is 8.81. The number of carbonyl (C=O) groups excluding carboxylic acids is 3. The molecule has 0 aromatic rings. The van der Waals surface area contributed by atoms with Gasteiger partial charge in [0.2, 0.25) is 5.91 Å². The van der Waals surface area contributed by atoms with Crippen LogP contribution in [0.2, 0.25) is 0 Å². The van der Waals surface area contributed by atoms with E-state index in [4.69, 9.17) is 4.74 Å². The second kappa shape index (κ2) is 17.3. The molecule has 0 saturated carbocycles. The number of hydrogen-bond acceptors (Lipinski definition) is 4. The zero-order valence-corrected chi connectivity index (χ0v) is 19.5. The molecule has 0 radical (unpaired) electrons. The maximum atomic E-state index is 12.8. The van der Waals surface area contributed by atoms with Gasteiger partial charge in [0.25, 0.3) is 0 Å². The summed E-state index contributed by atoms with van der Waals surface area (Å²) in [4.78, 5) is 36.8. The molecule has 1 aliphatic heterocycles. The predicted octanol–water partition coefficient (Wildman–Crippen LogP) is 5.88. The summed E-state index contributed by atoms with van der Waals surface area (Å²) in [6.45, 7) is 4.77. The zero-order valence-electron chi connectivity index (χ0n) is 19.5. The largest absolute Gasteiger partial charge is 0.465 e. The molecular weight excluding hydrogens is 378 g/mol. The van der Waals surface area contributed by atoms with Crippen LogP contribution < -0.4 is 5.32 Å². The van der Waals surface area contributed by atoms with E-state index in [0.717, 1.165) is 38.5 Å². The Balaban J connectivity index is 2.25. The minimum absolute atomic E-state index is 0.100. The lowest BCUT2D eigenvalue weighted by Crippen LogP contribution is -2.40. The molecule has 30 heavy (non-hydrogen) atoms. The second-order valence-corrected chi connectivity index (χ2v) is 8.81. The van der Waals surface area contributed by atoms with Crippen LogP contribution >= 0.6 is 0 Å². The summed E-state index contributed by atoms with van der Waals surface area (Å²) in [5, 5.41) is 2.71. The van der Waals surface area contributed by atoms with E-state index in [2.05, 4.69) is 19.2 Å². The van der Waals surface area contributed by atoms with E-state index in [-0.39, 0.29) is 11.7 Å². The molecule has 0 aromatic carbocycles. The van der Waals surface area contributed by atoms with E-state index in [9.17, 15) is 14.4 Å². The van der Waals surface area contributed by atoms with Crippen molar-refractivity contribution in [3.8, 4) is 0 Å². The van der Waals surface area contributed by atoms with Crippen molar-refractivity contribution in [2.24, 2.45) is 5.92 Å². The van der Waals surface area contributed by atoms with E-state index in [0.29, 0.717) is 25.9 Å². The van der Waals surface area contributed by atoms with Crippen molar-refractivity contribution in [2.75, 3.05) is 6.61 Å². The van der Waals surface area contributed by atoms with Crippen LogP contribution in [0.4, 0.5) is 0 Å². The first-order valence-corrected chi connectivity index (χ1v) is 12.6. The molecule has 1 N–H and O–H groups in total. The number of esters is 1. The quantitative estimate of drug-likeness (QED) is 0.160. The number of unbranched alkanes of at least 4 members (excludes halogenated alkanes) is 12. The standard InChI is InChI=1S/C25H45NO4/c1-3-5-7-9-10-11-12-13-14-16-20-30-25(29)21(17-15-8-6-4-2)24(28)22-18-19-23(27)26-22/h21-22H,3-20H2,1-2H3,(H,26,27)/t21?,22-/m0/s1. The van der Waals surface area contributed by atoms with Gasteiger partial charge in [-0.25, -0.2) is 0 Å². The molecular formula is C25H45NO4. The van der Waals surface area contributed by atoms with Crippen molar-refractivity contribution in [3.05, 3.63) is 0 Å². The summed E-state index contributed by atoms with van der Waals surface area (Å²) < 4.78 is 5.47. The summed E-state index contributed by atoms with van der Waals surface area (Å²) in [7, 11) is 0. The van der Waals surface area contributed by atoms with Gasteiger partial charge >= 0.3 is 5.97 Å². The third-order valence-corrected chi connectivity index (χ3v) is 6.06. The van der Waals surface area contributed by atoms with Gasteiger partial charge in [-0.3, -0.25) is 14.4 Å². The third-order valence-electron chi connectivity index (χ3n) is 6.06. The van der Waals surface area contributed by atoms with E-state index >= 15 is 0 Å². The molecule has 5 heteroatoms. The number of ketones is 1. The van der Waals surface area contributed by atoms with E-state index in [1.54, 1.807) is 0 Å². The Bertz CT molecular complexity index is 492. The summed E-state index contributed by atoms with van der Waals surface area (Å²) in [6, 6.07) is -0.515. The number of ether oxygens (including phenoxy) is 1. The van der Waals surface area contributed by atoms with E-state index in [1.807, 2.05) is 0 Å². The first kappa shape index (κ1) is 26.6. The van der Waals surface area contributed by atoms with Gasteiger partial charge in [-0.05, 0) is 19.3 Å². The minimum Gasteiger partial charge on any atom is -0.465 e. The van der Waals surface area contributed by atoms with Crippen LogP contribution in [0, 0.1) is 5.92 Å². The highest BCUT2D eigenvalue weighted by molar-refractivity contribution is 6.04. The van der Waals surface area contributed by atoms with Crippen molar-refractivity contribution in [1.82, 2.24) is 5.32 Å². The summed E-state index contributed by atoms with van der Waals surface area (Å²) in [5.41, 5.74) is 0. The fraction of sp³-hybridized carbons (Fsp3) is 0.880. The molecule has 0 aliphatic carbocycles. The highest BCUT2D eigenvalue weighted by Crippen LogP contribution is 2.20. The first-order chi connectivity index (χ1) is 14.6. The highest BCUT2D eigenvalue weighted by atomic mass is 16.5. The summed E-state index contributed by atoms with van der Waals surface area (Å²) >= 11 is 0. The number of carbonyl (C=O) groups is 3. The van der Waals surface area contributed by atoms with Gasteiger partial charge in [-0.15, -0.1) is 0 Å². The first-order valence-electron chi connectivity index (χ1n) is 12.6. The molecule has 1 amide bonds. The maximum absolute atomic E-state index is 12.8. The predicted molar refractivity (Wildman–Crippen MR) is 121 cm³/mol. The Morgan fingerprint density at radius 2 is 1.40 bits per heavy atom. The summed E-state index contributed by atoms with van der Waals surface area (Å²) in [5.74, 6) is -1.39. The fourth-order valence-corrected chi connectivity index (χ4v) is 4.08. The van der Waals surface area contributed by atoms with Gasteiger partial charge in [0, 0.05) is 6.42 Å². The number of Topliss-reactive ketones (excluding diaryl/α,β-unsaturated/α-hetero) is 1. The Morgan fingerprint density at radius 3 is 1.93 bits per heavy atom. The Morgan fingerprint density at radius 1 is 0.867 bits per heavy atom. The molecule has 0 aromatic heterocycles. The van der Waals surface area contributed by atoms with Gasteiger partial charge in [-0.1, -0.05) is 97.3 Å². The Labute approximate surface area is 184 Å². The van der Waals surface area contributed by atoms with Crippen LogP contribution in [0.25, 0.3) is 0 Å². The van der Waals surface area contributed by atoms with Crippen LogP contribution in [0.1, 0.15) is 123 Å². The van der Waals surface area contributed by atoms with Crippen LogP contribution in [-0.2, 0) is 19.1 Å². The highest BCUT2D eigenvalue weighted by Gasteiger charge is 2.36. The van der Waals surface area contributed by atoms with Crippen LogP contribution in [0.3, 0.4) is 0 Å². The van der Waals surface area contributed by atoms with E-state index in [1.165, 1.54) is 51.4 Å². The van der Waals surface area contributed by atoms with Gasteiger partial charge in [-0.2, -0.15) is 0 Å². The molecule has 0 spiro atoms. The molecule has 1 heterocycles. The number of nitrogens with one attached hydrogen (secondary N) is 1. The molecule has 1 unspecified atom stereocenters. The normalized spacial score (nSPS) is 17.0. The molecule has 1 saturated heterocycles. The van der Waals surface area contributed by atoms with Crippen molar-refractivity contribution in [1.29, 1.82) is 0 Å². The molecule has 5 nitrogen and oxygen atoms in total. The Hall–Kier alpha value is -1.39. The molecule has 1 rings (SSSR count). The lowest BCUT2D eigenvalue weighted by atomic mass is 9.91. The maximum Gasteiger partial charge on any atom is 0.316 e. The SMILES string of the molecule is CCCCCCCCCCCCOC(=O)C(CCCCCC)C(=O)[C@@H]1CCC(=O)N1. The van der Waals surface area contributed by atoms with Gasteiger partial charge in [0.1, 0.15) is 5.92 Å². The topological polar surface area (TPSA) is 72.5 Å². The van der Waals surface area contributed by atoms with Gasteiger partial charge < -0.3 is 10.1 Å². The monoisotopic (exact) mass is 423 g/mol. The summed E-state index contributed by atoms with van der Waals surface area (Å²) in [6.07, 6.45) is 17.8. The van der Waals surface area contributed by atoms with Crippen molar-refractivity contribution >= 4 is 17.7 Å². The van der Waals surface area contributed by atoms with Crippen molar-refractivity contribution in [2.45, 2.75) is 129 Å². The van der Waals surface area contributed by atoms with Crippen molar-refractivity contribution < 1.29 is 19.1 Å². The smallest absolute Gasteiger partial charge is 0.316 e. The van der Waals surface area contributed by atoms with Gasteiger partial charge in [0.05, 0.1) is 12.6 Å². The molecule has 2 atom stereocenters. The molecule has 1 aliphatic rings. The third kappa shape index (κ3) is 11.7. The van der Waals surface area contributed by atoms with Crippen LogP contribution in [0.15, 0.2) is 0 Å². The van der Waals surface area contributed by atoms with Crippen LogP contribution in [-0.4, -0.2) is 30.3 Å². The van der Waals surface area contributed by atoms with Crippen molar-refractivity contribution in [3.63, 3.8) is 0 Å². The van der Waals surface area contributed by atoms with Gasteiger partial charge in [0.15, 0.2) is 5.78 Å². The number of amides is 1. The average molecular weight is 424 g/mol. The van der Waals surface area contributed by atoms with Crippen LogP contribution in [0.5, 0.6) is 0 Å². The number of rotatable bonds is 19. The molecule has 0 bridgehead atoms.